The van der Waals surface area contributed by atoms with Crippen molar-refractivity contribution in [1.82, 2.24) is 4.90 Å². The number of amides is 1. The number of rotatable bonds is 8. The number of hydrogen-bond donors (Lipinski definition) is 1. The van der Waals surface area contributed by atoms with Gasteiger partial charge in [0.2, 0.25) is 0 Å². The van der Waals surface area contributed by atoms with Gasteiger partial charge >= 0.3 is 0 Å². The molecule has 4 nitrogen and oxygen atoms in total. The first-order valence-electron chi connectivity index (χ1n) is 7.93. The smallest absolute Gasteiger partial charge is 0.267 e. The van der Waals surface area contributed by atoms with E-state index in [1.54, 1.807) is 23.3 Å². The molecule has 0 aromatic heterocycles. The van der Waals surface area contributed by atoms with Gasteiger partial charge in [-0.15, -0.1) is 13.2 Å². The van der Waals surface area contributed by atoms with E-state index < -0.39 is 5.91 Å². The van der Waals surface area contributed by atoms with Crippen LogP contribution in [0.1, 0.15) is 30.9 Å². The summed E-state index contributed by atoms with van der Waals surface area (Å²) < 4.78 is 0. The SMILES string of the molecule is C=CCN(/C=C(/C#N)C(=O)Nc1c(C)cccc1C(C)C)CC=C. The Bertz CT molecular complexity index is 671. The number of para-hydroxylation sites is 1. The number of nitriles is 1. The number of benzene rings is 1. The standard InChI is InChI=1S/C20H25N3O/c1-6-11-23(12-7-2)14-17(13-21)20(24)22-19-16(5)9-8-10-18(19)15(3)4/h6-10,14-15H,1-2,11-12H2,3-5H3,(H,22,24)/b17-14-. The normalized spacial score (nSPS) is 10.9. The van der Waals surface area contributed by atoms with Crippen LogP contribution in [0.15, 0.2) is 55.3 Å². The summed E-state index contributed by atoms with van der Waals surface area (Å²) in [6, 6.07) is 7.88. The van der Waals surface area contributed by atoms with E-state index in [9.17, 15) is 10.1 Å². The second-order valence-corrected chi connectivity index (χ2v) is 5.83. The van der Waals surface area contributed by atoms with Crippen molar-refractivity contribution >= 4 is 11.6 Å². The quantitative estimate of drug-likeness (QED) is 0.444. The van der Waals surface area contributed by atoms with E-state index in [-0.39, 0.29) is 11.5 Å². The lowest BCUT2D eigenvalue weighted by atomic mass is 9.98. The van der Waals surface area contributed by atoms with Gasteiger partial charge < -0.3 is 10.2 Å². The van der Waals surface area contributed by atoms with Gasteiger partial charge in [0.1, 0.15) is 11.6 Å². The number of aryl methyl sites for hydroxylation is 1. The largest absolute Gasteiger partial charge is 0.369 e. The molecule has 0 atom stereocenters. The molecular formula is C20H25N3O. The molecule has 0 saturated carbocycles. The molecule has 1 aromatic carbocycles. The Morgan fingerprint density at radius 2 is 1.96 bits per heavy atom. The molecule has 0 unspecified atom stereocenters. The molecule has 0 spiro atoms. The van der Waals surface area contributed by atoms with Crippen LogP contribution in [-0.4, -0.2) is 23.9 Å². The highest BCUT2D eigenvalue weighted by molar-refractivity contribution is 6.07. The summed E-state index contributed by atoms with van der Waals surface area (Å²) >= 11 is 0. The summed E-state index contributed by atoms with van der Waals surface area (Å²) in [6.45, 7) is 14.5. The van der Waals surface area contributed by atoms with E-state index in [2.05, 4.69) is 32.3 Å². The molecule has 4 heteroatoms. The topological polar surface area (TPSA) is 56.1 Å². The number of nitrogens with zero attached hydrogens (tertiary/aromatic N) is 2. The molecule has 1 amide bonds. The van der Waals surface area contributed by atoms with Crippen LogP contribution in [0, 0.1) is 18.3 Å². The Morgan fingerprint density at radius 3 is 2.46 bits per heavy atom. The summed E-state index contributed by atoms with van der Waals surface area (Å²) in [7, 11) is 0. The Balaban J connectivity index is 3.10. The number of carbonyl (C=O) groups is 1. The molecule has 24 heavy (non-hydrogen) atoms. The van der Waals surface area contributed by atoms with Crippen LogP contribution >= 0.6 is 0 Å². The predicted molar refractivity (Wildman–Crippen MR) is 99.6 cm³/mol. The molecule has 0 fully saturated rings. The maximum absolute atomic E-state index is 12.5. The first-order chi connectivity index (χ1) is 11.4. The molecule has 0 aliphatic rings. The van der Waals surface area contributed by atoms with Crippen molar-refractivity contribution in [3.8, 4) is 6.07 Å². The Morgan fingerprint density at radius 1 is 1.33 bits per heavy atom. The highest BCUT2D eigenvalue weighted by Gasteiger charge is 2.15. The second-order valence-electron chi connectivity index (χ2n) is 5.83. The average molecular weight is 323 g/mol. The van der Waals surface area contributed by atoms with Crippen LogP contribution in [0.25, 0.3) is 0 Å². The first-order valence-corrected chi connectivity index (χ1v) is 7.93. The third kappa shape index (κ3) is 5.13. The lowest BCUT2D eigenvalue weighted by Gasteiger charge is -2.18. The van der Waals surface area contributed by atoms with Crippen molar-refractivity contribution in [1.29, 1.82) is 5.26 Å². The van der Waals surface area contributed by atoms with Crippen molar-refractivity contribution in [2.24, 2.45) is 0 Å². The lowest BCUT2D eigenvalue weighted by molar-refractivity contribution is -0.112. The van der Waals surface area contributed by atoms with Gasteiger partial charge in [-0.25, -0.2) is 0 Å². The molecular weight excluding hydrogens is 298 g/mol. The third-order valence-corrected chi connectivity index (χ3v) is 3.57. The zero-order valence-electron chi connectivity index (χ0n) is 14.7. The van der Waals surface area contributed by atoms with Gasteiger partial charge in [-0.05, 0) is 24.0 Å². The van der Waals surface area contributed by atoms with E-state index in [0.717, 1.165) is 16.8 Å². The van der Waals surface area contributed by atoms with Crippen molar-refractivity contribution in [2.45, 2.75) is 26.7 Å². The van der Waals surface area contributed by atoms with Crippen LogP contribution in [0.2, 0.25) is 0 Å². The van der Waals surface area contributed by atoms with Gasteiger partial charge in [-0.3, -0.25) is 4.79 Å². The Labute approximate surface area is 144 Å². The molecule has 126 valence electrons. The van der Waals surface area contributed by atoms with Crippen LogP contribution in [0.3, 0.4) is 0 Å². The van der Waals surface area contributed by atoms with E-state index in [1.807, 2.05) is 31.2 Å². The predicted octanol–water partition coefficient (Wildman–Crippen LogP) is 4.14. The maximum atomic E-state index is 12.5. The van der Waals surface area contributed by atoms with Gasteiger partial charge in [0.05, 0.1) is 0 Å². The summed E-state index contributed by atoms with van der Waals surface area (Å²) in [5.41, 5.74) is 2.85. The molecule has 0 bridgehead atoms. The zero-order valence-corrected chi connectivity index (χ0v) is 14.7. The van der Waals surface area contributed by atoms with Crippen molar-refractivity contribution in [3.63, 3.8) is 0 Å². The van der Waals surface area contributed by atoms with Crippen molar-refractivity contribution in [3.05, 3.63) is 66.4 Å². The van der Waals surface area contributed by atoms with Crippen molar-refractivity contribution in [2.75, 3.05) is 18.4 Å². The minimum absolute atomic E-state index is 0.0525. The lowest BCUT2D eigenvalue weighted by Crippen LogP contribution is -2.22. The fourth-order valence-electron chi connectivity index (χ4n) is 2.36. The Hall–Kier alpha value is -2.80. The molecule has 0 heterocycles. The molecule has 1 N–H and O–H groups in total. The third-order valence-electron chi connectivity index (χ3n) is 3.57. The summed E-state index contributed by atoms with van der Waals surface area (Å²) in [6.07, 6.45) is 4.97. The van der Waals surface area contributed by atoms with Gasteiger partial charge in [-0.1, -0.05) is 44.2 Å². The minimum Gasteiger partial charge on any atom is -0.369 e. The van der Waals surface area contributed by atoms with Gasteiger partial charge in [0.15, 0.2) is 0 Å². The van der Waals surface area contributed by atoms with Crippen molar-refractivity contribution < 1.29 is 4.79 Å². The monoisotopic (exact) mass is 323 g/mol. The molecule has 0 aliphatic carbocycles. The van der Waals surface area contributed by atoms with E-state index in [0.29, 0.717) is 13.1 Å². The molecule has 0 saturated heterocycles. The maximum Gasteiger partial charge on any atom is 0.267 e. The summed E-state index contributed by atoms with van der Waals surface area (Å²) in [5.74, 6) is -0.139. The van der Waals surface area contributed by atoms with E-state index >= 15 is 0 Å². The number of hydrogen-bond acceptors (Lipinski definition) is 3. The van der Waals surface area contributed by atoms with Crippen LogP contribution in [0.5, 0.6) is 0 Å². The molecule has 0 aliphatic heterocycles. The highest BCUT2D eigenvalue weighted by atomic mass is 16.1. The number of carbonyl (C=O) groups excluding carboxylic acids is 1. The molecule has 0 radical (unpaired) electrons. The second kappa shape index (κ2) is 9.36. The first kappa shape index (κ1) is 19.2. The molecule has 1 rings (SSSR count). The van der Waals surface area contributed by atoms with Gasteiger partial charge in [0.25, 0.3) is 5.91 Å². The minimum atomic E-state index is -0.410. The van der Waals surface area contributed by atoms with Gasteiger partial charge in [-0.2, -0.15) is 5.26 Å². The fourth-order valence-corrected chi connectivity index (χ4v) is 2.36. The average Bonchev–Trinajstić information content (AvgIpc) is 2.54. The van der Waals surface area contributed by atoms with Crippen LogP contribution < -0.4 is 5.32 Å². The highest BCUT2D eigenvalue weighted by Crippen LogP contribution is 2.27. The molecule has 1 aromatic rings. The number of anilines is 1. The Kier molecular flexibility index (Phi) is 7.51. The van der Waals surface area contributed by atoms with Crippen LogP contribution in [0.4, 0.5) is 5.69 Å². The van der Waals surface area contributed by atoms with Crippen LogP contribution in [-0.2, 0) is 4.79 Å². The fraction of sp³-hybridized carbons (Fsp3) is 0.300. The zero-order chi connectivity index (χ0) is 18.1. The summed E-state index contributed by atoms with van der Waals surface area (Å²) in [5, 5.41) is 12.2. The number of nitrogens with one attached hydrogen (secondary N) is 1. The van der Waals surface area contributed by atoms with E-state index in [4.69, 9.17) is 0 Å². The van der Waals surface area contributed by atoms with Gasteiger partial charge in [0, 0.05) is 25.0 Å². The van der Waals surface area contributed by atoms with E-state index in [1.165, 1.54) is 0 Å². The summed E-state index contributed by atoms with van der Waals surface area (Å²) in [4.78, 5) is 14.3.